The molecule has 1 aliphatic rings. The molecule has 0 saturated carbocycles. The number of aryl methyl sites for hydroxylation is 1. The lowest BCUT2D eigenvalue weighted by Crippen LogP contribution is -2.61. The lowest BCUT2D eigenvalue weighted by Gasteiger charge is -2.50. The van der Waals surface area contributed by atoms with Crippen molar-refractivity contribution in [3.8, 4) is 0 Å². The smallest absolute Gasteiger partial charge is 0.358 e. The van der Waals surface area contributed by atoms with Gasteiger partial charge in [0, 0.05) is 57.7 Å². The van der Waals surface area contributed by atoms with E-state index in [0.717, 1.165) is 12.2 Å². The molecule has 1 saturated heterocycles. The second kappa shape index (κ2) is 9.53. The maximum atomic E-state index is 12.9. The number of rotatable bonds is 8. The van der Waals surface area contributed by atoms with Crippen LogP contribution < -0.4 is 10.6 Å². The van der Waals surface area contributed by atoms with E-state index in [4.69, 9.17) is 4.74 Å². The molecule has 0 aliphatic carbocycles. The molecule has 164 valence electrons. The van der Waals surface area contributed by atoms with Gasteiger partial charge in [0.25, 0.3) is 0 Å². The molecule has 2 unspecified atom stereocenters. The van der Waals surface area contributed by atoms with Gasteiger partial charge in [0.15, 0.2) is 0 Å². The molecule has 2 heterocycles. The van der Waals surface area contributed by atoms with Crippen molar-refractivity contribution in [2.24, 2.45) is 0 Å². The number of likely N-dealkylation sites (tertiary alicyclic amines) is 1. The van der Waals surface area contributed by atoms with Gasteiger partial charge in [-0.05, 0) is 36.4 Å². The van der Waals surface area contributed by atoms with Gasteiger partial charge in [0.1, 0.15) is 5.72 Å². The highest BCUT2D eigenvalue weighted by atomic mass is 16.5. The van der Waals surface area contributed by atoms with Crippen LogP contribution in [0.15, 0.2) is 35.1 Å². The number of benzene rings is 1. The molecule has 1 aliphatic heterocycles. The number of carbonyl (C=O) groups is 1. The van der Waals surface area contributed by atoms with Crippen molar-refractivity contribution >= 4 is 11.6 Å². The molecule has 30 heavy (non-hydrogen) atoms. The Kier molecular flexibility index (Phi) is 7.04. The summed E-state index contributed by atoms with van der Waals surface area (Å²) in [7, 11) is 1.68. The fraction of sp³-hybridized carbons (Fsp3) is 0.619. The number of methoxy groups -OCH3 is 1. The van der Waals surface area contributed by atoms with Crippen LogP contribution in [0.1, 0.15) is 40.0 Å². The minimum atomic E-state index is -0.688. The Morgan fingerprint density at radius 2 is 1.90 bits per heavy atom. The molecule has 0 N–H and O–H groups in total. The molecule has 1 fully saturated rings. The third kappa shape index (κ3) is 4.32. The number of hydrogen-bond donors (Lipinski definition) is 0. The SMILES string of the molecule is CCC(=O)N(c1ccccc1)C1(OC)CCN(CCn2nnn(CC)c2=O)C(C)C1. The number of para-hydroxylation sites is 1. The topological polar surface area (TPSA) is 85.5 Å². The summed E-state index contributed by atoms with van der Waals surface area (Å²) in [6, 6.07) is 9.90. The van der Waals surface area contributed by atoms with Crippen molar-refractivity contribution in [1.82, 2.24) is 24.7 Å². The van der Waals surface area contributed by atoms with Gasteiger partial charge in [-0.1, -0.05) is 25.1 Å². The zero-order chi connectivity index (χ0) is 21.7. The average Bonchev–Trinajstić information content (AvgIpc) is 3.13. The molecule has 0 spiro atoms. The minimum absolute atomic E-state index is 0.0476. The minimum Gasteiger partial charge on any atom is -0.358 e. The highest BCUT2D eigenvalue weighted by Crippen LogP contribution is 2.37. The summed E-state index contributed by atoms with van der Waals surface area (Å²) in [5, 5.41) is 7.83. The summed E-state index contributed by atoms with van der Waals surface area (Å²) >= 11 is 0. The van der Waals surface area contributed by atoms with E-state index in [9.17, 15) is 9.59 Å². The Hall–Kier alpha value is -2.52. The van der Waals surface area contributed by atoms with Crippen LogP contribution in [0.5, 0.6) is 0 Å². The van der Waals surface area contributed by atoms with E-state index in [1.807, 2.05) is 49.1 Å². The van der Waals surface area contributed by atoms with E-state index in [1.165, 1.54) is 9.36 Å². The highest BCUT2D eigenvalue weighted by molar-refractivity contribution is 5.94. The zero-order valence-electron chi connectivity index (χ0n) is 18.3. The van der Waals surface area contributed by atoms with Gasteiger partial charge in [-0.15, -0.1) is 0 Å². The zero-order valence-corrected chi connectivity index (χ0v) is 18.3. The van der Waals surface area contributed by atoms with Gasteiger partial charge in [0.2, 0.25) is 5.91 Å². The molecule has 3 rings (SSSR count). The Morgan fingerprint density at radius 3 is 2.47 bits per heavy atom. The van der Waals surface area contributed by atoms with E-state index in [0.29, 0.717) is 38.9 Å². The number of carbonyl (C=O) groups excluding carboxylic acids is 1. The summed E-state index contributed by atoms with van der Waals surface area (Å²) in [6.07, 6.45) is 1.78. The normalized spacial score (nSPS) is 22.2. The van der Waals surface area contributed by atoms with Crippen molar-refractivity contribution in [2.45, 2.75) is 64.9 Å². The number of tetrazole rings is 1. The van der Waals surface area contributed by atoms with Crippen LogP contribution in [0.2, 0.25) is 0 Å². The van der Waals surface area contributed by atoms with E-state index in [-0.39, 0.29) is 17.6 Å². The summed E-state index contributed by atoms with van der Waals surface area (Å²) in [6.45, 7) is 8.32. The van der Waals surface area contributed by atoms with Crippen LogP contribution in [-0.4, -0.2) is 62.6 Å². The van der Waals surface area contributed by atoms with Gasteiger partial charge < -0.3 is 4.74 Å². The molecule has 1 aromatic heterocycles. The number of amides is 1. The average molecular weight is 417 g/mol. The molecular formula is C21H32N6O3. The van der Waals surface area contributed by atoms with Crippen LogP contribution in [-0.2, 0) is 22.6 Å². The Morgan fingerprint density at radius 1 is 1.20 bits per heavy atom. The monoisotopic (exact) mass is 416 g/mol. The van der Waals surface area contributed by atoms with Gasteiger partial charge in [-0.2, -0.15) is 9.36 Å². The van der Waals surface area contributed by atoms with Crippen molar-refractivity contribution in [3.05, 3.63) is 40.8 Å². The highest BCUT2D eigenvalue weighted by Gasteiger charge is 2.45. The van der Waals surface area contributed by atoms with E-state index in [2.05, 4.69) is 22.3 Å². The molecule has 2 aromatic rings. The quantitative estimate of drug-likeness (QED) is 0.609. The number of aromatic nitrogens is 4. The van der Waals surface area contributed by atoms with E-state index >= 15 is 0 Å². The number of anilines is 1. The molecular weight excluding hydrogens is 384 g/mol. The third-order valence-electron chi connectivity index (χ3n) is 5.98. The summed E-state index contributed by atoms with van der Waals surface area (Å²) in [5.41, 5.74) is -0.0150. The molecule has 1 amide bonds. The predicted molar refractivity (Wildman–Crippen MR) is 114 cm³/mol. The van der Waals surface area contributed by atoms with Crippen molar-refractivity contribution in [3.63, 3.8) is 0 Å². The summed E-state index contributed by atoms with van der Waals surface area (Å²) in [4.78, 5) is 29.2. The first-order chi connectivity index (χ1) is 14.5. The van der Waals surface area contributed by atoms with Gasteiger partial charge in [-0.25, -0.2) is 4.79 Å². The third-order valence-corrected chi connectivity index (χ3v) is 5.98. The predicted octanol–water partition coefficient (Wildman–Crippen LogP) is 1.73. The van der Waals surface area contributed by atoms with E-state index < -0.39 is 5.72 Å². The number of piperidine rings is 1. The summed E-state index contributed by atoms with van der Waals surface area (Å²) in [5.74, 6) is 0.0476. The van der Waals surface area contributed by atoms with Crippen LogP contribution in [0.25, 0.3) is 0 Å². The molecule has 9 heteroatoms. The standard InChI is InChI=1S/C21H32N6O3/c1-5-19(28)27(18-10-8-7-9-11-18)21(30-4)12-13-24(17(3)16-21)14-15-26-20(29)25(6-2)22-23-26/h7-11,17H,5-6,12-16H2,1-4H3. The number of hydrogen-bond acceptors (Lipinski definition) is 6. The largest absolute Gasteiger partial charge is 0.363 e. The first-order valence-corrected chi connectivity index (χ1v) is 10.6. The first kappa shape index (κ1) is 22.2. The summed E-state index contributed by atoms with van der Waals surface area (Å²) < 4.78 is 8.79. The number of ether oxygens (including phenoxy) is 1. The van der Waals surface area contributed by atoms with Gasteiger partial charge in [0.05, 0.1) is 6.54 Å². The Bertz CT molecular complexity index is 896. The van der Waals surface area contributed by atoms with Crippen LogP contribution in [0, 0.1) is 0 Å². The molecule has 0 bridgehead atoms. The second-order valence-corrected chi connectivity index (χ2v) is 7.71. The Labute approximate surface area is 177 Å². The van der Waals surface area contributed by atoms with Crippen molar-refractivity contribution in [2.75, 3.05) is 25.1 Å². The van der Waals surface area contributed by atoms with Gasteiger partial charge >= 0.3 is 5.69 Å². The van der Waals surface area contributed by atoms with Gasteiger partial charge in [-0.3, -0.25) is 14.6 Å². The maximum Gasteiger partial charge on any atom is 0.363 e. The van der Waals surface area contributed by atoms with E-state index in [1.54, 1.807) is 7.11 Å². The van der Waals surface area contributed by atoms with Crippen molar-refractivity contribution < 1.29 is 9.53 Å². The molecule has 2 atom stereocenters. The molecule has 1 aromatic carbocycles. The van der Waals surface area contributed by atoms with Crippen molar-refractivity contribution in [1.29, 1.82) is 0 Å². The molecule has 9 nitrogen and oxygen atoms in total. The fourth-order valence-electron chi connectivity index (χ4n) is 4.25. The van der Waals surface area contributed by atoms with Crippen LogP contribution in [0.4, 0.5) is 5.69 Å². The molecule has 0 radical (unpaired) electrons. The lowest BCUT2D eigenvalue weighted by atomic mass is 9.91. The number of nitrogens with zero attached hydrogens (tertiary/aromatic N) is 6. The van der Waals surface area contributed by atoms with Crippen LogP contribution >= 0.6 is 0 Å². The lowest BCUT2D eigenvalue weighted by molar-refractivity contribution is -0.129. The Balaban J connectivity index is 1.75. The maximum absolute atomic E-state index is 12.9. The second-order valence-electron chi connectivity index (χ2n) is 7.71. The fourth-order valence-corrected chi connectivity index (χ4v) is 4.25. The van der Waals surface area contributed by atoms with Crippen LogP contribution in [0.3, 0.4) is 0 Å². The first-order valence-electron chi connectivity index (χ1n) is 10.6.